The first kappa shape index (κ1) is 29.5. The third-order valence-corrected chi connectivity index (χ3v) is 11.1. The largest absolute Gasteiger partial charge is 0.291 e. The van der Waals surface area contributed by atoms with Crippen molar-refractivity contribution in [2.45, 2.75) is 61.4 Å². The molecule has 3 aliphatic rings. The molecule has 0 spiro atoms. The number of aromatic nitrogens is 5. The van der Waals surface area contributed by atoms with Crippen molar-refractivity contribution < 1.29 is 30.8 Å². The normalized spacial score (nSPS) is 22.8. The Bertz CT molecular complexity index is 1950. The SMILES string of the molecule is Cn1cc(S(=O)(=O)N(C2CC(F)(F)C2)[C@H]2CCC3=Cc4c(cnn4-c4ccc(F)cc4)C[C@]3(C(=O)c3cc(F)ccn3)C2)cn1. The van der Waals surface area contributed by atoms with Crippen LogP contribution < -0.4 is 0 Å². The molecule has 0 aliphatic heterocycles. The Kier molecular flexibility index (Phi) is 6.85. The van der Waals surface area contributed by atoms with E-state index in [4.69, 9.17) is 0 Å². The van der Waals surface area contributed by atoms with Crippen LogP contribution in [0.3, 0.4) is 0 Å². The molecule has 3 aromatic heterocycles. The van der Waals surface area contributed by atoms with Gasteiger partial charge in [0, 0.05) is 50.4 Å². The summed E-state index contributed by atoms with van der Waals surface area (Å²) in [5.74, 6) is -4.55. The Labute approximate surface area is 256 Å². The number of fused-ring (bicyclic) bond motifs is 2. The summed E-state index contributed by atoms with van der Waals surface area (Å²) in [5.41, 5.74) is 1.18. The number of Topliss-reactive ketones (excluding diaryl/α,β-unsaturated/α-hetero) is 1. The zero-order valence-corrected chi connectivity index (χ0v) is 24.9. The van der Waals surface area contributed by atoms with Gasteiger partial charge in [-0.1, -0.05) is 5.57 Å². The molecule has 0 radical (unpaired) electrons. The Balaban J connectivity index is 1.33. The van der Waals surface area contributed by atoms with Crippen LogP contribution in [0.5, 0.6) is 0 Å². The Morgan fingerprint density at radius 1 is 1.00 bits per heavy atom. The van der Waals surface area contributed by atoms with Gasteiger partial charge in [-0.2, -0.15) is 14.5 Å². The molecule has 2 saturated carbocycles. The lowest BCUT2D eigenvalue weighted by Crippen LogP contribution is -2.59. The first-order valence-electron chi connectivity index (χ1n) is 14.5. The zero-order chi connectivity index (χ0) is 31.7. The number of alkyl halides is 2. The minimum atomic E-state index is -4.28. The average Bonchev–Trinajstić information content (AvgIpc) is 3.61. The van der Waals surface area contributed by atoms with Crippen LogP contribution in [0, 0.1) is 17.0 Å². The summed E-state index contributed by atoms with van der Waals surface area (Å²) in [6, 6.07) is 6.17. The van der Waals surface area contributed by atoms with Crippen LogP contribution in [0.15, 0.2) is 71.7 Å². The molecule has 0 saturated heterocycles. The molecule has 7 rings (SSSR count). The summed E-state index contributed by atoms with van der Waals surface area (Å²) in [7, 11) is -2.73. The Hall–Kier alpha value is -4.17. The monoisotopic (exact) mass is 640 g/mol. The molecule has 2 atom stereocenters. The van der Waals surface area contributed by atoms with E-state index in [-0.39, 0.29) is 36.3 Å². The summed E-state index contributed by atoms with van der Waals surface area (Å²) < 4.78 is 88.6. The van der Waals surface area contributed by atoms with Gasteiger partial charge in [-0.25, -0.2) is 30.7 Å². The predicted octanol–water partition coefficient (Wildman–Crippen LogP) is 5.13. The van der Waals surface area contributed by atoms with Gasteiger partial charge in [0.15, 0.2) is 5.78 Å². The first-order chi connectivity index (χ1) is 21.4. The van der Waals surface area contributed by atoms with Crippen LogP contribution >= 0.6 is 0 Å². The van der Waals surface area contributed by atoms with E-state index in [1.807, 2.05) is 6.08 Å². The summed E-state index contributed by atoms with van der Waals surface area (Å²) >= 11 is 0. The molecule has 14 heteroatoms. The van der Waals surface area contributed by atoms with Crippen LogP contribution in [-0.2, 0) is 23.5 Å². The second-order valence-electron chi connectivity index (χ2n) is 12.1. The van der Waals surface area contributed by atoms with Crippen LogP contribution in [0.4, 0.5) is 17.6 Å². The highest BCUT2D eigenvalue weighted by molar-refractivity contribution is 7.89. The fraction of sp³-hybridized carbons (Fsp3) is 0.355. The van der Waals surface area contributed by atoms with Crippen molar-refractivity contribution in [3.8, 4) is 5.69 Å². The first-order valence-corrected chi connectivity index (χ1v) is 15.9. The van der Waals surface area contributed by atoms with Crippen LogP contribution in [0.1, 0.15) is 53.8 Å². The fourth-order valence-corrected chi connectivity index (χ4v) is 8.84. The molecule has 0 amide bonds. The number of hydrogen-bond donors (Lipinski definition) is 0. The number of benzene rings is 1. The summed E-state index contributed by atoms with van der Waals surface area (Å²) in [4.78, 5) is 18.5. The third kappa shape index (κ3) is 4.99. The smallest absolute Gasteiger partial charge is 0.251 e. The number of allylic oxidation sites excluding steroid dienone is 1. The van der Waals surface area contributed by atoms with E-state index >= 15 is 0 Å². The Morgan fingerprint density at radius 2 is 1.76 bits per heavy atom. The van der Waals surface area contributed by atoms with Crippen LogP contribution in [0.25, 0.3) is 11.8 Å². The third-order valence-electron chi connectivity index (χ3n) is 9.14. The summed E-state index contributed by atoms with van der Waals surface area (Å²) in [5, 5.41) is 8.48. The number of carbonyl (C=O) groups is 1. The lowest BCUT2D eigenvalue weighted by molar-refractivity contribution is -0.116. The summed E-state index contributed by atoms with van der Waals surface area (Å²) in [6.45, 7) is 0. The quantitative estimate of drug-likeness (QED) is 0.205. The van der Waals surface area contributed by atoms with E-state index in [0.717, 1.165) is 16.4 Å². The minimum absolute atomic E-state index is 0.0292. The van der Waals surface area contributed by atoms with E-state index in [0.29, 0.717) is 22.5 Å². The van der Waals surface area contributed by atoms with Gasteiger partial charge in [-0.3, -0.25) is 14.5 Å². The van der Waals surface area contributed by atoms with Crippen LogP contribution in [-0.4, -0.2) is 61.1 Å². The zero-order valence-electron chi connectivity index (χ0n) is 24.1. The number of pyridine rings is 1. The minimum Gasteiger partial charge on any atom is -0.291 e. The molecule has 0 N–H and O–H groups in total. The molecule has 3 heterocycles. The van der Waals surface area contributed by atoms with E-state index in [1.54, 1.807) is 30.1 Å². The molecular weight excluding hydrogens is 612 g/mol. The Morgan fingerprint density at radius 3 is 2.42 bits per heavy atom. The highest BCUT2D eigenvalue weighted by Gasteiger charge is 2.57. The number of sulfonamides is 1. The van der Waals surface area contributed by atoms with Crippen molar-refractivity contribution in [3.63, 3.8) is 0 Å². The van der Waals surface area contributed by atoms with Gasteiger partial charge in [-0.15, -0.1) is 0 Å². The number of aryl methyl sites for hydroxylation is 1. The van der Waals surface area contributed by atoms with Crippen molar-refractivity contribution >= 4 is 21.9 Å². The fourth-order valence-electron chi connectivity index (χ4n) is 7.02. The number of carbonyl (C=O) groups excluding carboxylic acids is 1. The highest BCUT2D eigenvalue weighted by atomic mass is 32.2. The van der Waals surface area contributed by atoms with Crippen molar-refractivity contribution in [1.82, 2.24) is 28.9 Å². The van der Waals surface area contributed by atoms with Crippen LogP contribution in [0.2, 0.25) is 0 Å². The van der Waals surface area contributed by atoms with Gasteiger partial charge in [0.2, 0.25) is 10.0 Å². The van der Waals surface area contributed by atoms with Gasteiger partial charge < -0.3 is 0 Å². The molecule has 1 aromatic carbocycles. The van der Waals surface area contributed by atoms with Crippen molar-refractivity contribution in [3.05, 3.63) is 95.3 Å². The van der Waals surface area contributed by atoms with Gasteiger partial charge in [0.05, 0.1) is 29.2 Å². The number of nitrogens with zero attached hydrogens (tertiary/aromatic N) is 6. The number of halogens is 4. The summed E-state index contributed by atoms with van der Waals surface area (Å²) in [6.07, 6.45) is 6.46. The number of ketones is 1. The molecular formula is C31H28F4N6O3S. The molecule has 0 bridgehead atoms. The van der Waals surface area contributed by atoms with E-state index < -0.39 is 63.7 Å². The lowest BCUT2D eigenvalue weighted by Gasteiger charge is -2.50. The maximum absolute atomic E-state index is 14.4. The van der Waals surface area contributed by atoms with Crippen molar-refractivity contribution in [2.75, 3.05) is 0 Å². The molecule has 45 heavy (non-hydrogen) atoms. The van der Waals surface area contributed by atoms with Gasteiger partial charge in [0.25, 0.3) is 5.92 Å². The van der Waals surface area contributed by atoms with Gasteiger partial charge >= 0.3 is 0 Å². The lowest BCUT2D eigenvalue weighted by atomic mass is 9.60. The van der Waals surface area contributed by atoms with Crippen molar-refractivity contribution in [1.29, 1.82) is 0 Å². The van der Waals surface area contributed by atoms with Crippen molar-refractivity contribution in [2.24, 2.45) is 12.5 Å². The highest BCUT2D eigenvalue weighted by Crippen LogP contribution is 2.53. The second-order valence-corrected chi connectivity index (χ2v) is 13.9. The second kappa shape index (κ2) is 10.4. The number of hydrogen-bond acceptors (Lipinski definition) is 6. The molecule has 3 aliphatic carbocycles. The van der Waals surface area contributed by atoms with Gasteiger partial charge in [-0.05, 0) is 67.7 Å². The standard InChI is InChI=1S/C31H28F4N6O3S/c1-39-18-26(17-37-39)45(43,44)41(25-14-31(34,35)15-25)24-5-2-20-10-28-19(16-38-40(28)23-6-3-21(32)4-7-23)12-30(20,13-24)29(42)27-11-22(33)8-9-36-27/h3-4,6-11,16-18,24-25H,2,5,12-15H2,1H3/t24-,30-/m0/s1. The molecule has 2 fully saturated rings. The topological polar surface area (TPSA) is 103 Å². The predicted molar refractivity (Wildman–Crippen MR) is 154 cm³/mol. The molecule has 0 unspecified atom stereocenters. The molecule has 9 nitrogen and oxygen atoms in total. The molecule has 4 aromatic rings. The maximum atomic E-state index is 14.4. The van der Waals surface area contributed by atoms with E-state index in [2.05, 4.69) is 15.2 Å². The maximum Gasteiger partial charge on any atom is 0.251 e. The van der Waals surface area contributed by atoms with E-state index in [1.165, 1.54) is 35.4 Å². The van der Waals surface area contributed by atoms with E-state index in [9.17, 15) is 30.8 Å². The molecule has 234 valence electrons. The van der Waals surface area contributed by atoms with Gasteiger partial charge in [0.1, 0.15) is 22.2 Å². The average molecular weight is 641 g/mol. The number of rotatable bonds is 7.